The van der Waals surface area contributed by atoms with Crippen molar-refractivity contribution in [3.05, 3.63) is 58.6 Å². The summed E-state index contributed by atoms with van der Waals surface area (Å²) in [7, 11) is 1.50. The van der Waals surface area contributed by atoms with Crippen molar-refractivity contribution in [1.29, 1.82) is 0 Å². The molecule has 2 aromatic rings. The molecule has 7 heteroatoms. The van der Waals surface area contributed by atoms with Gasteiger partial charge in [-0.15, -0.1) is 0 Å². The van der Waals surface area contributed by atoms with Crippen LogP contribution in [-0.4, -0.2) is 18.1 Å². The lowest BCUT2D eigenvalue weighted by molar-refractivity contribution is 0.0977. The molecule has 0 unspecified atom stereocenters. The summed E-state index contributed by atoms with van der Waals surface area (Å²) in [5.74, 6) is 0.559. The van der Waals surface area contributed by atoms with Crippen molar-refractivity contribution in [2.75, 3.05) is 7.11 Å². The molecule has 0 saturated heterocycles. The molecule has 0 aliphatic heterocycles. The third-order valence-corrected chi connectivity index (χ3v) is 3.32. The fourth-order valence-corrected chi connectivity index (χ4v) is 2.07. The average molecular weight is 351 g/mol. The monoisotopic (exact) mass is 350 g/mol. The van der Waals surface area contributed by atoms with Crippen LogP contribution in [0.25, 0.3) is 0 Å². The van der Waals surface area contributed by atoms with Crippen LogP contribution in [0.15, 0.2) is 42.5 Å². The number of carbonyl (C=O) groups is 1. The smallest absolute Gasteiger partial charge is 0.257 e. The summed E-state index contributed by atoms with van der Waals surface area (Å²) in [5.41, 5.74) is 6.62. The standard InChI is InChI=1S/C16H15ClN2O3S/c1-21-14-8-11(15(20)19-16(18)23)4-7-13(14)22-9-10-2-5-12(17)6-3-10/h2-8H,9H2,1H3,(H3,18,19,20,23). The van der Waals surface area contributed by atoms with E-state index in [1.165, 1.54) is 7.11 Å². The molecule has 0 bridgehead atoms. The van der Waals surface area contributed by atoms with E-state index in [1.807, 2.05) is 12.1 Å². The van der Waals surface area contributed by atoms with Crippen molar-refractivity contribution >= 4 is 34.8 Å². The van der Waals surface area contributed by atoms with Crippen LogP contribution in [0, 0.1) is 0 Å². The Balaban J connectivity index is 2.11. The number of methoxy groups -OCH3 is 1. The number of ether oxygens (including phenoxy) is 2. The lowest BCUT2D eigenvalue weighted by Gasteiger charge is -2.12. The van der Waals surface area contributed by atoms with Crippen LogP contribution in [0.2, 0.25) is 5.02 Å². The van der Waals surface area contributed by atoms with Gasteiger partial charge in [0.05, 0.1) is 7.11 Å². The van der Waals surface area contributed by atoms with E-state index in [0.717, 1.165) is 5.56 Å². The first-order valence-electron chi connectivity index (χ1n) is 6.65. The Morgan fingerprint density at radius 2 is 1.91 bits per heavy atom. The third kappa shape index (κ3) is 4.84. The molecule has 23 heavy (non-hydrogen) atoms. The molecule has 3 N–H and O–H groups in total. The van der Waals surface area contributed by atoms with E-state index in [9.17, 15) is 4.79 Å². The number of halogens is 1. The molecule has 0 spiro atoms. The van der Waals surface area contributed by atoms with Crippen LogP contribution in [0.5, 0.6) is 11.5 Å². The van der Waals surface area contributed by atoms with E-state index >= 15 is 0 Å². The average Bonchev–Trinajstić information content (AvgIpc) is 2.53. The Morgan fingerprint density at radius 1 is 1.22 bits per heavy atom. The number of thiocarbonyl (C=S) groups is 1. The molecular formula is C16H15ClN2O3S. The summed E-state index contributed by atoms with van der Waals surface area (Å²) in [6.07, 6.45) is 0. The number of benzene rings is 2. The fraction of sp³-hybridized carbons (Fsp3) is 0.125. The number of amides is 1. The highest BCUT2D eigenvalue weighted by molar-refractivity contribution is 7.80. The maximum atomic E-state index is 11.9. The summed E-state index contributed by atoms with van der Waals surface area (Å²) < 4.78 is 11.0. The van der Waals surface area contributed by atoms with E-state index in [-0.39, 0.29) is 5.11 Å². The molecular weight excluding hydrogens is 336 g/mol. The molecule has 0 heterocycles. The molecule has 0 aliphatic rings. The minimum Gasteiger partial charge on any atom is -0.493 e. The van der Waals surface area contributed by atoms with Crippen LogP contribution in [0.1, 0.15) is 15.9 Å². The summed E-state index contributed by atoms with van der Waals surface area (Å²) >= 11 is 10.5. The summed E-state index contributed by atoms with van der Waals surface area (Å²) in [5, 5.41) is 2.93. The summed E-state index contributed by atoms with van der Waals surface area (Å²) in [4.78, 5) is 11.9. The van der Waals surface area contributed by atoms with E-state index in [2.05, 4.69) is 17.5 Å². The van der Waals surface area contributed by atoms with Gasteiger partial charge in [0, 0.05) is 10.6 Å². The molecule has 0 fully saturated rings. The quantitative estimate of drug-likeness (QED) is 0.811. The third-order valence-electron chi connectivity index (χ3n) is 2.97. The van der Waals surface area contributed by atoms with E-state index in [1.54, 1.807) is 30.3 Å². The first-order chi connectivity index (χ1) is 11.0. The number of rotatable bonds is 5. The molecule has 0 aromatic heterocycles. The van der Waals surface area contributed by atoms with E-state index < -0.39 is 5.91 Å². The maximum Gasteiger partial charge on any atom is 0.257 e. The first kappa shape index (κ1) is 17.1. The van der Waals surface area contributed by atoms with Gasteiger partial charge in [-0.25, -0.2) is 0 Å². The van der Waals surface area contributed by atoms with E-state index in [0.29, 0.717) is 28.7 Å². The Hall–Kier alpha value is -2.31. The largest absolute Gasteiger partial charge is 0.493 e. The van der Waals surface area contributed by atoms with Gasteiger partial charge in [0.2, 0.25) is 0 Å². The predicted octanol–water partition coefficient (Wildman–Crippen LogP) is 2.90. The van der Waals surface area contributed by atoms with Crippen molar-refractivity contribution in [2.45, 2.75) is 6.61 Å². The second-order valence-electron chi connectivity index (χ2n) is 4.60. The SMILES string of the molecule is COc1cc(C(=O)NC(N)=S)ccc1OCc1ccc(Cl)cc1. The molecule has 2 rings (SSSR count). The molecule has 120 valence electrons. The molecule has 1 amide bonds. The van der Waals surface area contributed by atoms with Crippen LogP contribution in [-0.2, 0) is 6.61 Å². The Kier molecular flexibility index (Phi) is 5.78. The van der Waals surface area contributed by atoms with Gasteiger partial charge in [0.1, 0.15) is 6.61 Å². The minimum atomic E-state index is -0.403. The highest BCUT2D eigenvalue weighted by Gasteiger charge is 2.11. The van der Waals surface area contributed by atoms with Crippen LogP contribution in [0.3, 0.4) is 0 Å². The van der Waals surface area contributed by atoms with Gasteiger partial charge in [-0.05, 0) is 48.1 Å². The zero-order valence-electron chi connectivity index (χ0n) is 12.3. The van der Waals surface area contributed by atoms with Gasteiger partial charge in [-0.2, -0.15) is 0 Å². The van der Waals surface area contributed by atoms with Gasteiger partial charge < -0.3 is 15.2 Å². The maximum absolute atomic E-state index is 11.9. The van der Waals surface area contributed by atoms with Gasteiger partial charge in [0.25, 0.3) is 5.91 Å². The second kappa shape index (κ2) is 7.80. The number of hydrogen-bond donors (Lipinski definition) is 2. The van der Waals surface area contributed by atoms with Crippen molar-refractivity contribution < 1.29 is 14.3 Å². The minimum absolute atomic E-state index is 0.0861. The van der Waals surface area contributed by atoms with Crippen LogP contribution >= 0.6 is 23.8 Å². The fourth-order valence-electron chi connectivity index (χ4n) is 1.85. The number of carbonyl (C=O) groups excluding carboxylic acids is 1. The summed E-state index contributed by atoms with van der Waals surface area (Å²) in [6.45, 7) is 0.353. The number of hydrogen-bond acceptors (Lipinski definition) is 4. The lowest BCUT2D eigenvalue weighted by atomic mass is 10.2. The number of nitrogens with two attached hydrogens (primary N) is 1. The van der Waals surface area contributed by atoms with Crippen molar-refractivity contribution in [3.63, 3.8) is 0 Å². The van der Waals surface area contributed by atoms with Crippen LogP contribution in [0.4, 0.5) is 0 Å². The highest BCUT2D eigenvalue weighted by Crippen LogP contribution is 2.29. The Bertz CT molecular complexity index is 720. The molecule has 0 atom stereocenters. The first-order valence-corrected chi connectivity index (χ1v) is 7.44. The normalized spacial score (nSPS) is 10.0. The zero-order valence-corrected chi connectivity index (χ0v) is 13.9. The van der Waals surface area contributed by atoms with Gasteiger partial charge in [-0.1, -0.05) is 23.7 Å². The molecule has 0 aliphatic carbocycles. The summed E-state index contributed by atoms with van der Waals surface area (Å²) in [6, 6.07) is 12.2. The zero-order chi connectivity index (χ0) is 16.8. The highest BCUT2D eigenvalue weighted by atomic mass is 35.5. The van der Waals surface area contributed by atoms with Crippen molar-refractivity contribution in [2.24, 2.45) is 5.73 Å². The second-order valence-corrected chi connectivity index (χ2v) is 5.48. The lowest BCUT2D eigenvalue weighted by Crippen LogP contribution is -2.34. The van der Waals surface area contributed by atoms with Gasteiger partial charge >= 0.3 is 0 Å². The van der Waals surface area contributed by atoms with Crippen molar-refractivity contribution in [3.8, 4) is 11.5 Å². The Morgan fingerprint density at radius 3 is 2.52 bits per heavy atom. The molecule has 0 saturated carbocycles. The van der Waals surface area contributed by atoms with Gasteiger partial charge in [0.15, 0.2) is 16.6 Å². The van der Waals surface area contributed by atoms with E-state index in [4.69, 9.17) is 26.8 Å². The Labute approximate surface area is 144 Å². The van der Waals surface area contributed by atoms with Gasteiger partial charge in [-0.3, -0.25) is 10.1 Å². The predicted molar refractivity (Wildman–Crippen MR) is 93.0 cm³/mol. The number of nitrogens with one attached hydrogen (secondary N) is 1. The topological polar surface area (TPSA) is 73.6 Å². The molecule has 5 nitrogen and oxygen atoms in total. The molecule has 0 radical (unpaired) electrons. The van der Waals surface area contributed by atoms with Crippen molar-refractivity contribution in [1.82, 2.24) is 5.32 Å². The molecule has 2 aromatic carbocycles. The van der Waals surface area contributed by atoms with Crippen LogP contribution < -0.4 is 20.5 Å².